The number of nitrogens with one attached hydrogen (secondary N) is 1. The smallest absolute Gasteiger partial charge is 0.220 e. The average molecular weight is 368 g/mol. The zero-order valence-electron chi connectivity index (χ0n) is 15.9. The van der Waals surface area contributed by atoms with Crippen molar-refractivity contribution in [2.45, 2.75) is 18.9 Å². The number of ether oxygens (including phenoxy) is 2. The van der Waals surface area contributed by atoms with Crippen LogP contribution >= 0.6 is 0 Å². The summed E-state index contributed by atoms with van der Waals surface area (Å²) in [7, 11) is 1.65. The molecule has 1 saturated heterocycles. The summed E-state index contributed by atoms with van der Waals surface area (Å²) in [6.45, 7) is 4.02. The molecule has 27 heavy (non-hydrogen) atoms. The third-order valence-electron chi connectivity index (χ3n) is 4.87. The largest absolute Gasteiger partial charge is 0.497 e. The molecule has 1 aliphatic heterocycles. The van der Waals surface area contributed by atoms with E-state index in [4.69, 9.17) is 9.47 Å². The summed E-state index contributed by atoms with van der Waals surface area (Å²) in [5.41, 5.74) is 2.36. The Hall–Kier alpha value is -2.37. The Labute approximate surface area is 161 Å². The molecule has 1 heterocycles. The highest BCUT2D eigenvalue weighted by Crippen LogP contribution is 2.21. The Balaban J connectivity index is 1.35. The summed E-state index contributed by atoms with van der Waals surface area (Å²) >= 11 is 0. The zero-order chi connectivity index (χ0) is 18.9. The molecule has 1 amide bonds. The van der Waals surface area contributed by atoms with Gasteiger partial charge in [0.25, 0.3) is 0 Å². The molecule has 3 rings (SSSR count). The number of benzene rings is 2. The molecule has 1 fully saturated rings. The van der Waals surface area contributed by atoms with E-state index in [0.717, 1.165) is 44.0 Å². The predicted molar refractivity (Wildman–Crippen MR) is 106 cm³/mol. The van der Waals surface area contributed by atoms with E-state index in [2.05, 4.69) is 22.3 Å². The molecule has 0 unspecified atom stereocenters. The average Bonchev–Trinajstić information content (AvgIpc) is 2.73. The molecular formula is C22H28N2O3. The lowest BCUT2D eigenvalue weighted by molar-refractivity contribution is -0.121. The third-order valence-corrected chi connectivity index (χ3v) is 4.87. The SMILES string of the molecule is COc1ccc(CCC(=O)NCCN2CCO[C@@H](c3ccccc3)C2)cc1. The highest BCUT2D eigenvalue weighted by atomic mass is 16.5. The lowest BCUT2D eigenvalue weighted by Gasteiger charge is -2.33. The van der Waals surface area contributed by atoms with Gasteiger partial charge < -0.3 is 14.8 Å². The van der Waals surface area contributed by atoms with Gasteiger partial charge in [-0.25, -0.2) is 0 Å². The number of hydrogen-bond donors (Lipinski definition) is 1. The molecule has 1 aliphatic rings. The van der Waals surface area contributed by atoms with Gasteiger partial charge in [-0.15, -0.1) is 0 Å². The van der Waals surface area contributed by atoms with Gasteiger partial charge >= 0.3 is 0 Å². The van der Waals surface area contributed by atoms with Gasteiger partial charge in [0.2, 0.25) is 5.91 Å². The van der Waals surface area contributed by atoms with E-state index in [9.17, 15) is 4.79 Å². The number of hydrogen-bond acceptors (Lipinski definition) is 4. The molecular weight excluding hydrogens is 340 g/mol. The van der Waals surface area contributed by atoms with Gasteiger partial charge in [-0.05, 0) is 29.7 Å². The van der Waals surface area contributed by atoms with Gasteiger partial charge in [-0.2, -0.15) is 0 Å². The van der Waals surface area contributed by atoms with E-state index in [0.29, 0.717) is 13.0 Å². The lowest BCUT2D eigenvalue weighted by Crippen LogP contribution is -2.42. The minimum Gasteiger partial charge on any atom is -0.497 e. The maximum Gasteiger partial charge on any atom is 0.220 e. The molecule has 1 atom stereocenters. The molecule has 5 nitrogen and oxygen atoms in total. The quantitative estimate of drug-likeness (QED) is 0.778. The van der Waals surface area contributed by atoms with Crippen molar-refractivity contribution in [3.63, 3.8) is 0 Å². The first kappa shape index (κ1) is 19.4. The first-order valence-electron chi connectivity index (χ1n) is 9.53. The van der Waals surface area contributed by atoms with Crippen molar-refractivity contribution < 1.29 is 14.3 Å². The van der Waals surface area contributed by atoms with E-state index < -0.39 is 0 Å². The predicted octanol–water partition coefficient (Wildman–Crippen LogP) is 2.82. The molecule has 0 spiro atoms. The highest BCUT2D eigenvalue weighted by Gasteiger charge is 2.21. The monoisotopic (exact) mass is 368 g/mol. The summed E-state index contributed by atoms with van der Waals surface area (Å²) in [5, 5.41) is 3.03. The van der Waals surface area contributed by atoms with Crippen molar-refractivity contribution in [3.05, 3.63) is 65.7 Å². The molecule has 0 radical (unpaired) electrons. The summed E-state index contributed by atoms with van der Waals surface area (Å²) in [5.74, 6) is 0.932. The van der Waals surface area contributed by atoms with Gasteiger partial charge in [0.15, 0.2) is 0 Å². The molecule has 0 aromatic heterocycles. The van der Waals surface area contributed by atoms with Crippen molar-refractivity contribution in [3.8, 4) is 5.75 Å². The molecule has 0 aliphatic carbocycles. The number of rotatable bonds is 8. The second-order valence-electron chi connectivity index (χ2n) is 6.77. The van der Waals surface area contributed by atoms with Gasteiger partial charge in [0, 0.05) is 32.6 Å². The zero-order valence-corrected chi connectivity index (χ0v) is 15.9. The van der Waals surface area contributed by atoms with Gasteiger partial charge in [-0.3, -0.25) is 9.69 Å². The van der Waals surface area contributed by atoms with E-state index >= 15 is 0 Å². The number of amides is 1. The van der Waals surface area contributed by atoms with Crippen molar-refractivity contribution in [1.82, 2.24) is 10.2 Å². The van der Waals surface area contributed by atoms with Crippen LogP contribution in [0.1, 0.15) is 23.7 Å². The number of nitrogens with zero attached hydrogens (tertiary/aromatic N) is 1. The number of morpholine rings is 1. The number of methoxy groups -OCH3 is 1. The fourth-order valence-corrected chi connectivity index (χ4v) is 3.27. The van der Waals surface area contributed by atoms with Crippen LogP contribution in [-0.2, 0) is 16.0 Å². The Morgan fingerprint density at radius 1 is 1.19 bits per heavy atom. The Morgan fingerprint density at radius 2 is 1.96 bits per heavy atom. The Kier molecular flexibility index (Phi) is 7.25. The summed E-state index contributed by atoms with van der Waals surface area (Å²) in [4.78, 5) is 14.4. The van der Waals surface area contributed by atoms with E-state index in [-0.39, 0.29) is 12.0 Å². The number of carbonyl (C=O) groups excluding carboxylic acids is 1. The standard InChI is InChI=1S/C22H28N2O3/c1-26-20-10-7-18(8-11-20)9-12-22(25)23-13-14-24-15-16-27-21(17-24)19-5-3-2-4-6-19/h2-8,10-11,21H,9,12-17H2,1H3,(H,23,25)/t21-/m1/s1. The third kappa shape index (κ3) is 6.08. The van der Waals surface area contributed by atoms with E-state index in [1.54, 1.807) is 7.11 Å². The Bertz CT molecular complexity index is 703. The molecule has 5 heteroatoms. The van der Waals surface area contributed by atoms with Crippen LogP contribution in [0.4, 0.5) is 0 Å². The van der Waals surface area contributed by atoms with Crippen LogP contribution in [0.15, 0.2) is 54.6 Å². The van der Waals surface area contributed by atoms with E-state index in [1.807, 2.05) is 42.5 Å². The van der Waals surface area contributed by atoms with Gasteiger partial charge in [0.05, 0.1) is 19.8 Å². The van der Waals surface area contributed by atoms with Crippen LogP contribution in [0.3, 0.4) is 0 Å². The topological polar surface area (TPSA) is 50.8 Å². The molecule has 0 saturated carbocycles. The first-order valence-corrected chi connectivity index (χ1v) is 9.53. The summed E-state index contributed by atoms with van der Waals surface area (Å²) in [6.07, 6.45) is 1.36. The maximum absolute atomic E-state index is 12.1. The second kappa shape index (κ2) is 10.1. The van der Waals surface area contributed by atoms with Crippen molar-refractivity contribution in [2.24, 2.45) is 0 Å². The molecule has 0 bridgehead atoms. The van der Waals surface area contributed by atoms with Crippen molar-refractivity contribution in [1.29, 1.82) is 0 Å². The number of aryl methyl sites for hydroxylation is 1. The van der Waals surface area contributed by atoms with Crippen LogP contribution in [0.25, 0.3) is 0 Å². The van der Waals surface area contributed by atoms with Crippen LogP contribution < -0.4 is 10.1 Å². The van der Waals surface area contributed by atoms with Crippen LogP contribution in [0.5, 0.6) is 5.75 Å². The fraction of sp³-hybridized carbons (Fsp3) is 0.409. The second-order valence-corrected chi connectivity index (χ2v) is 6.77. The highest BCUT2D eigenvalue weighted by molar-refractivity contribution is 5.76. The van der Waals surface area contributed by atoms with Crippen LogP contribution in [0, 0.1) is 0 Å². The minimum absolute atomic E-state index is 0.0960. The Morgan fingerprint density at radius 3 is 2.70 bits per heavy atom. The lowest BCUT2D eigenvalue weighted by atomic mass is 10.1. The summed E-state index contributed by atoms with van der Waals surface area (Å²) < 4.78 is 11.0. The molecule has 2 aromatic carbocycles. The molecule has 2 aromatic rings. The number of carbonyl (C=O) groups is 1. The molecule has 1 N–H and O–H groups in total. The van der Waals surface area contributed by atoms with Crippen LogP contribution in [-0.4, -0.2) is 50.7 Å². The maximum atomic E-state index is 12.1. The van der Waals surface area contributed by atoms with Crippen molar-refractivity contribution >= 4 is 5.91 Å². The first-order chi connectivity index (χ1) is 13.2. The van der Waals surface area contributed by atoms with Gasteiger partial charge in [0.1, 0.15) is 5.75 Å². The summed E-state index contributed by atoms with van der Waals surface area (Å²) in [6, 6.07) is 18.2. The van der Waals surface area contributed by atoms with Gasteiger partial charge in [-0.1, -0.05) is 42.5 Å². The van der Waals surface area contributed by atoms with Crippen LogP contribution in [0.2, 0.25) is 0 Å². The van der Waals surface area contributed by atoms with E-state index in [1.165, 1.54) is 5.56 Å². The fourth-order valence-electron chi connectivity index (χ4n) is 3.27. The molecule has 144 valence electrons. The normalized spacial score (nSPS) is 17.4. The van der Waals surface area contributed by atoms with Crippen molar-refractivity contribution in [2.75, 3.05) is 39.9 Å². The minimum atomic E-state index is 0.0960.